The molecule has 0 amide bonds. The van der Waals surface area contributed by atoms with Gasteiger partial charge in [-0.15, -0.1) is 11.3 Å². The number of nitrogens with two attached hydrogens (primary N) is 1. The third-order valence-electron chi connectivity index (χ3n) is 3.39. The van der Waals surface area contributed by atoms with Gasteiger partial charge in [0.25, 0.3) is 0 Å². The minimum atomic E-state index is 0.281. The van der Waals surface area contributed by atoms with Gasteiger partial charge in [0, 0.05) is 30.1 Å². The van der Waals surface area contributed by atoms with Crippen LogP contribution in [0.2, 0.25) is 0 Å². The predicted molar refractivity (Wildman–Crippen MR) is 83.2 cm³/mol. The summed E-state index contributed by atoms with van der Waals surface area (Å²) in [5.41, 5.74) is 7.34. The molecular weight excluding hydrogens is 252 g/mol. The Morgan fingerprint density at radius 3 is 2.37 bits per heavy atom. The normalized spacial score (nSPS) is 13.1. The zero-order valence-corrected chi connectivity index (χ0v) is 12.4. The number of rotatable bonds is 6. The van der Waals surface area contributed by atoms with Crippen molar-refractivity contribution < 1.29 is 0 Å². The van der Waals surface area contributed by atoms with Crippen LogP contribution < -0.4 is 5.73 Å². The highest BCUT2D eigenvalue weighted by atomic mass is 32.1. The lowest BCUT2D eigenvalue weighted by atomic mass is 10.0. The van der Waals surface area contributed by atoms with Gasteiger partial charge < -0.3 is 5.73 Å². The van der Waals surface area contributed by atoms with Gasteiger partial charge in [-0.3, -0.25) is 4.90 Å². The standard InChI is InChI=1S/C16H22N2S/c1-13(2)18(12-15-9-6-10-19-15)16(11-17)14-7-4-3-5-8-14/h3-10,13,16H,11-12,17H2,1-2H3. The maximum Gasteiger partial charge on any atom is 0.0477 e. The molecule has 2 aromatic rings. The number of nitrogens with zero attached hydrogens (tertiary/aromatic N) is 1. The van der Waals surface area contributed by atoms with E-state index in [1.54, 1.807) is 0 Å². The van der Waals surface area contributed by atoms with Crippen LogP contribution in [0.3, 0.4) is 0 Å². The van der Waals surface area contributed by atoms with Crippen molar-refractivity contribution in [3.63, 3.8) is 0 Å². The summed E-state index contributed by atoms with van der Waals surface area (Å²) in [6, 6.07) is 15.6. The predicted octanol–water partition coefficient (Wildman–Crippen LogP) is 3.66. The summed E-state index contributed by atoms with van der Waals surface area (Å²) >= 11 is 1.81. The molecule has 2 nitrogen and oxygen atoms in total. The molecule has 0 fully saturated rings. The van der Waals surface area contributed by atoms with Crippen LogP contribution in [-0.4, -0.2) is 17.5 Å². The van der Waals surface area contributed by atoms with Gasteiger partial charge in [0.15, 0.2) is 0 Å². The summed E-state index contributed by atoms with van der Waals surface area (Å²) in [6.07, 6.45) is 0. The number of benzene rings is 1. The highest BCUT2D eigenvalue weighted by Crippen LogP contribution is 2.25. The van der Waals surface area contributed by atoms with E-state index in [9.17, 15) is 0 Å². The second kappa shape index (κ2) is 6.85. The van der Waals surface area contributed by atoms with Crippen LogP contribution in [0, 0.1) is 0 Å². The molecule has 0 bridgehead atoms. The highest BCUT2D eigenvalue weighted by molar-refractivity contribution is 7.09. The maximum absolute atomic E-state index is 6.03. The van der Waals surface area contributed by atoms with E-state index < -0.39 is 0 Å². The van der Waals surface area contributed by atoms with Gasteiger partial charge in [-0.1, -0.05) is 36.4 Å². The van der Waals surface area contributed by atoms with Crippen molar-refractivity contribution in [1.82, 2.24) is 4.90 Å². The molecule has 1 unspecified atom stereocenters. The molecule has 1 atom stereocenters. The van der Waals surface area contributed by atoms with E-state index in [4.69, 9.17) is 5.73 Å². The van der Waals surface area contributed by atoms with Crippen molar-refractivity contribution in [2.45, 2.75) is 32.5 Å². The summed E-state index contributed by atoms with van der Waals surface area (Å²) in [7, 11) is 0. The second-order valence-electron chi connectivity index (χ2n) is 5.01. The molecule has 1 aromatic heterocycles. The minimum absolute atomic E-state index is 0.281. The molecule has 0 spiro atoms. The fourth-order valence-corrected chi connectivity index (χ4v) is 3.09. The van der Waals surface area contributed by atoms with Crippen LogP contribution in [0.15, 0.2) is 47.8 Å². The third-order valence-corrected chi connectivity index (χ3v) is 4.25. The Balaban J connectivity index is 2.21. The van der Waals surface area contributed by atoms with E-state index in [2.05, 4.69) is 66.6 Å². The maximum atomic E-state index is 6.03. The van der Waals surface area contributed by atoms with Crippen molar-refractivity contribution >= 4 is 11.3 Å². The lowest BCUT2D eigenvalue weighted by Crippen LogP contribution is -2.38. The Labute approximate surface area is 119 Å². The largest absolute Gasteiger partial charge is 0.329 e. The van der Waals surface area contributed by atoms with Crippen LogP contribution in [0.25, 0.3) is 0 Å². The first-order valence-electron chi connectivity index (χ1n) is 6.75. The average Bonchev–Trinajstić information content (AvgIpc) is 2.92. The van der Waals surface area contributed by atoms with Crippen molar-refractivity contribution in [2.75, 3.05) is 6.54 Å². The average molecular weight is 274 g/mol. The van der Waals surface area contributed by atoms with Crippen LogP contribution >= 0.6 is 11.3 Å². The molecule has 102 valence electrons. The summed E-state index contributed by atoms with van der Waals surface area (Å²) in [4.78, 5) is 3.87. The molecule has 0 saturated heterocycles. The van der Waals surface area contributed by atoms with E-state index in [1.807, 2.05) is 11.3 Å². The fraction of sp³-hybridized carbons (Fsp3) is 0.375. The highest BCUT2D eigenvalue weighted by Gasteiger charge is 2.21. The van der Waals surface area contributed by atoms with Crippen molar-refractivity contribution in [1.29, 1.82) is 0 Å². The van der Waals surface area contributed by atoms with E-state index in [1.165, 1.54) is 10.4 Å². The van der Waals surface area contributed by atoms with Crippen molar-refractivity contribution in [3.8, 4) is 0 Å². The van der Waals surface area contributed by atoms with Crippen LogP contribution in [0.1, 0.15) is 30.3 Å². The Kier molecular flexibility index (Phi) is 5.14. The number of hydrogen-bond acceptors (Lipinski definition) is 3. The smallest absolute Gasteiger partial charge is 0.0477 e. The van der Waals surface area contributed by atoms with Gasteiger partial charge in [0.1, 0.15) is 0 Å². The molecule has 1 heterocycles. The quantitative estimate of drug-likeness (QED) is 0.871. The molecule has 0 saturated carbocycles. The summed E-state index contributed by atoms with van der Waals surface area (Å²) in [5.74, 6) is 0. The first-order valence-corrected chi connectivity index (χ1v) is 7.63. The second-order valence-corrected chi connectivity index (χ2v) is 6.04. The fourth-order valence-electron chi connectivity index (χ4n) is 2.37. The molecule has 0 aliphatic carbocycles. The molecule has 2 N–H and O–H groups in total. The SMILES string of the molecule is CC(C)N(Cc1cccs1)C(CN)c1ccccc1. The molecular formula is C16H22N2S. The molecule has 3 heteroatoms. The summed E-state index contributed by atoms with van der Waals surface area (Å²) < 4.78 is 0. The number of thiophene rings is 1. The molecule has 1 aromatic carbocycles. The van der Waals surface area contributed by atoms with Gasteiger partial charge in [-0.25, -0.2) is 0 Å². The van der Waals surface area contributed by atoms with Crippen LogP contribution in [0.4, 0.5) is 0 Å². The Morgan fingerprint density at radius 1 is 1.11 bits per heavy atom. The van der Waals surface area contributed by atoms with Gasteiger partial charge in [0.2, 0.25) is 0 Å². The summed E-state index contributed by atoms with van der Waals surface area (Å²) in [5, 5.41) is 2.13. The first-order chi connectivity index (χ1) is 9.22. The lowest BCUT2D eigenvalue weighted by molar-refractivity contribution is 0.149. The van der Waals surface area contributed by atoms with Gasteiger partial charge in [0.05, 0.1) is 0 Å². The lowest BCUT2D eigenvalue weighted by Gasteiger charge is -2.34. The number of hydrogen-bond donors (Lipinski definition) is 1. The van der Waals surface area contributed by atoms with Crippen LogP contribution in [0.5, 0.6) is 0 Å². The Morgan fingerprint density at radius 2 is 1.84 bits per heavy atom. The molecule has 0 aliphatic rings. The van der Waals surface area contributed by atoms with E-state index in [0.717, 1.165) is 6.54 Å². The van der Waals surface area contributed by atoms with Gasteiger partial charge in [-0.05, 0) is 30.9 Å². The zero-order valence-electron chi connectivity index (χ0n) is 11.6. The Bertz CT molecular complexity index is 465. The molecule has 2 rings (SSSR count). The van der Waals surface area contributed by atoms with Crippen molar-refractivity contribution in [3.05, 3.63) is 58.3 Å². The molecule has 0 aliphatic heterocycles. The van der Waals surface area contributed by atoms with E-state index >= 15 is 0 Å². The van der Waals surface area contributed by atoms with Gasteiger partial charge >= 0.3 is 0 Å². The minimum Gasteiger partial charge on any atom is -0.329 e. The first kappa shape index (κ1) is 14.3. The third kappa shape index (κ3) is 3.66. The molecule has 19 heavy (non-hydrogen) atoms. The Hall–Kier alpha value is -1.16. The summed E-state index contributed by atoms with van der Waals surface area (Å²) in [6.45, 7) is 6.08. The monoisotopic (exact) mass is 274 g/mol. The van der Waals surface area contributed by atoms with E-state index in [-0.39, 0.29) is 6.04 Å². The topological polar surface area (TPSA) is 29.3 Å². The van der Waals surface area contributed by atoms with Crippen LogP contribution in [-0.2, 0) is 6.54 Å². The zero-order chi connectivity index (χ0) is 13.7. The molecule has 0 radical (unpaired) electrons. The van der Waals surface area contributed by atoms with Crippen molar-refractivity contribution in [2.24, 2.45) is 5.73 Å². The van der Waals surface area contributed by atoms with Gasteiger partial charge in [-0.2, -0.15) is 0 Å². The van der Waals surface area contributed by atoms with E-state index in [0.29, 0.717) is 12.6 Å².